The Morgan fingerprint density at radius 3 is 2.73 bits per heavy atom. The third-order valence-corrected chi connectivity index (χ3v) is 4.04. The second kappa shape index (κ2) is 9.22. The van der Waals surface area contributed by atoms with E-state index >= 15 is 0 Å². The van der Waals surface area contributed by atoms with E-state index in [4.69, 9.17) is 5.73 Å². The normalized spacial score (nSPS) is 13.5. The molecule has 1 aromatic carbocycles. The van der Waals surface area contributed by atoms with E-state index in [1.165, 1.54) is 12.1 Å². The fourth-order valence-corrected chi connectivity index (χ4v) is 2.49. The minimum atomic E-state index is -4.32. The minimum Gasteiger partial charge on any atom is -0.370 e. The maximum atomic E-state index is 12.8. The number of halogens is 3. The molecule has 3 N–H and O–H groups in total. The van der Waals surface area contributed by atoms with E-state index in [1.807, 2.05) is 25.1 Å². The van der Waals surface area contributed by atoms with Crippen LogP contribution in [0, 0.1) is 0 Å². The molecule has 7 heteroatoms. The van der Waals surface area contributed by atoms with Crippen molar-refractivity contribution in [2.75, 3.05) is 13.1 Å². The summed E-state index contributed by atoms with van der Waals surface area (Å²) < 4.78 is 38.3. The number of pyridine rings is 1. The van der Waals surface area contributed by atoms with Crippen LogP contribution in [0.25, 0.3) is 0 Å². The third-order valence-electron chi connectivity index (χ3n) is 4.04. The van der Waals surface area contributed by atoms with Gasteiger partial charge in [-0.2, -0.15) is 13.2 Å². The van der Waals surface area contributed by atoms with Gasteiger partial charge in [-0.05, 0) is 36.1 Å². The molecule has 0 saturated heterocycles. The first-order valence-corrected chi connectivity index (χ1v) is 8.47. The van der Waals surface area contributed by atoms with Crippen molar-refractivity contribution in [2.24, 2.45) is 10.7 Å². The Labute approximate surface area is 151 Å². The molecule has 0 amide bonds. The first-order chi connectivity index (χ1) is 12.4. The molecule has 140 valence electrons. The van der Waals surface area contributed by atoms with E-state index in [2.05, 4.69) is 15.3 Å². The number of rotatable bonds is 7. The van der Waals surface area contributed by atoms with Crippen LogP contribution >= 0.6 is 0 Å². The van der Waals surface area contributed by atoms with Gasteiger partial charge in [0, 0.05) is 31.4 Å². The summed E-state index contributed by atoms with van der Waals surface area (Å²) in [5, 5.41) is 3.01. The number of aromatic nitrogens is 1. The number of nitrogens with two attached hydrogens (primary N) is 1. The smallest absolute Gasteiger partial charge is 0.370 e. The Morgan fingerprint density at radius 2 is 2.04 bits per heavy atom. The summed E-state index contributed by atoms with van der Waals surface area (Å²) in [7, 11) is 0. The molecule has 2 rings (SSSR count). The summed E-state index contributed by atoms with van der Waals surface area (Å²) in [4.78, 5) is 8.45. The van der Waals surface area contributed by atoms with Gasteiger partial charge in [-0.15, -0.1) is 0 Å². The van der Waals surface area contributed by atoms with Gasteiger partial charge >= 0.3 is 6.18 Å². The van der Waals surface area contributed by atoms with Crippen LogP contribution in [0.3, 0.4) is 0 Å². The summed E-state index contributed by atoms with van der Waals surface area (Å²) in [6.45, 7) is 2.95. The number of nitrogens with zero attached hydrogens (tertiary/aromatic N) is 2. The van der Waals surface area contributed by atoms with Crippen LogP contribution in [0.1, 0.15) is 36.1 Å². The van der Waals surface area contributed by atoms with Crippen molar-refractivity contribution in [3.05, 3.63) is 65.5 Å². The maximum absolute atomic E-state index is 12.8. The first kappa shape index (κ1) is 19.8. The van der Waals surface area contributed by atoms with Crippen molar-refractivity contribution in [2.45, 2.75) is 31.9 Å². The lowest BCUT2D eigenvalue weighted by molar-refractivity contribution is -0.137. The quantitative estimate of drug-likeness (QED) is 0.581. The number of nitrogens with one attached hydrogen (secondary N) is 1. The van der Waals surface area contributed by atoms with Crippen LogP contribution in [0.4, 0.5) is 13.2 Å². The number of hydrogen-bond donors (Lipinski definition) is 2. The summed E-state index contributed by atoms with van der Waals surface area (Å²) >= 11 is 0. The molecule has 1 aromatic heterocycles. The van der Waals surface area contributed by atoms with Gasteiger partial charge in [0.15, 0.2) is 5.96 Å². The number of benzene rings is 1. The third kappa shape index (κ3) is 6.38. The Hall–Kier alpha value is -2.57. The Balaban J connectivity index is 1.78. The van der Waals surface area contributed by atoms with E-state index in [0.717, 1.165) is 18.2 Å². The van der Waals surface area contributed by atoms with Crippen molar-refractivity contribution in [1.29, 1.82) is 0 Å². The molecular formula is C19H23F3N4. The molecule has 0 aliphatic heterocycles. The molecule has 0 bridgehead atoms. The zero-order valence-corrected chi connectivity index (χ0v) is 14.6. The number of guanidine groups is 1. The second-order valence-electron chi connectivity index (χ2n) is 6.08. The van der Waals surface area contributed by atoms with Crippen molar-refractivity contribution in [3.8, 4) is 0 Å². The van der Waals surface area contributed by atoms with Gasteiger partial charge in [-0.3, -0.25) is 9.98 Å². The van der Waals surface area contributed by atoms with Crippen LogP contribution in [0.15, 0.2) is 53.7 Å². The zero-order valence-electron chi connectivity index (χ0n) is 14.6. The predicted octanol–water partition coefficient (Wildman–Crippen LogP) is 3.74. The fraction of sp³-hybridized carbons (Fsp3) is 0.368. The average molecular weight is 364 g/mol. The molecule has 1 atom stereocenters. The molecule has 0 aliphatic rings. The van der Waals surface area contributed by atoms with Crippen LogP contribution in [0.2, 0.25) is 0 Å². The highest BCUT2D eigenvalue weighted by Crippen LogP contribution is 2.31. The van der Waals surface area contributed by atoms with Gasteiger partial charge in [0.1, 0.15) is 0 Å². The second-order valence-corrected chi connectivity index (χ2v) is 6.08. The summed E-state index contributed by atoms with van der Waals surface area (Å²) in [5.41, 5.74) is 6.80. The highest BCUT2D eigenvalue weighted by molar-refractivity contribution is 5.77. The van der Waals surface area contributed by atoms with E-state index < -0.39 is 11.7 Å². The zero-order chi connectivity index (χ0) is 19.0. The predicted molar refractivity (Wildman–Crippen MR) is 96.9 cm³/mol. The molecule has 0 saturated carbocycles. The highest BCUT2D eigenvalue weighted by atomic mass is 19.4. The molecule has 1 unspecified atom stereocenters. The van der Waals surface area contributed by atoms with Gasteiger partial charge in [-0.25, -0.2) is 0 Å². The lowest BCUT2D eigenvalue weighted by Crippen LogP contribution is -2.33. The summed E-state index contributed by atoms with van der Waals surface area (Å²) in [6.07, 6.45) is -1.24. The van der Waals surface area contributed by atoms with Crippen LogP contribution in [-0.2, 0) is 12.6 Å². The van der Waals surface area contributed by atoms with Gasteiger partial charge in [0.25, 0.3) is 0 Å². The molecule has 26 heavy (non-hydrogen) atoms. The first-order valence-electron chi connectivity index (χ1n) is 8.47. The van der Waals surface area contributed by atoms with Crippen LogP contribution in [-0.4, -0.2) is 24.0 Å². The number of alkyl halides is 3. The molecule has 0 aliphatic carbocycles. The van der Waals surface area contributed by atoms with E-state index in [1.54, 1.807) is 12.3 Å². The van der Waals surface area contributed by atoms with Crippen molar-refractivity contribution >= 4 is 5.96 Å². The summed E-state index contributed by atoms with van der Waals surface area (Å²) in [6, 6.07) is 11.1. The van der Waals surface area contributed by atoms with Crippen LogP contribution < -0.4 is 11.1 Å². The average Bonchev–Trinajstić information content (AvgIpc) is 2.62. The molecule has 0 fully saturated rings. The Morgan fingerprint density at radius 1 is 1.23 bits per heavy atom. The molecule has 0 radical (unpaired) electrons. The molecular weight excluding hydrogens is 341 g/mol. The lowest BCUT2D eigenvalue weighted by atomic mass is 9.96. The van der Waals surface area contributed by atoms with E-state index in [0.29, 0.717) is 31.0 Å². The van der Waals surface area contributed by atoms with E-state index in [-0.39, 0.29) is 5.92 Å². The molecule has 0 spiro atoms. The maximum Gasteiger partial charge on any atom is 0.416 e. The molecule has 4 nitrogen and oxygen atoms in total. The van der Waals surface area contributed by atoms with Gasteiger partial charge < -0.3 is 11.1 Å². The van der Waals surface area contributed by atoms with Crippen molar-refractivity contribution in [3.63, 3.8) is 0 Å². The standard InChI is InChI=1S/C19H23F3N4/c1-14(15-5-4-6-16(13-15)19(20,21)22)8-11-25-18(23)26-12-9-17-7-2-3-10-24-17/h2-7,10,13-14H,8-9,11-12H2,1H3,(H3,23,25,26). The fourth-order valence-electron chi connectivity index (χ4n) is 2.49. The monoisotopic (exact) mass is 364 g/mol. The van der Waals surface area contributed by atoms with Crippen molar-refractivity contribution < 1.29 is 13.2 Å². The van der Waals surface area contributed by atoms with Gasteiger partial charge in [0.05, 0.1) is 5.56 Å². The number of hydrogen-bond acceptors (Lipinski definition) is 2. The highest BCUT2D eigenvalue weighted by Gasteiger charge is 2.30. The minimum absolute atomic E-state index is 0.0395. The lowest BCUT2D eigenvalue weighted by Gasteiger charge is -2.14. The molecule has 1 heterocycles. The Kier molecular flexibility index (Phi) is 7.00. The van der Waals surface area contributed by atoms with Crippen molar-refractivity contribution in [1.82, 2.24) is 10.3 Å². The SMILES string of the molecule is CC(CCN=C(N)NCCc1ccccn1)c1cccc(C(F)(F)F)c1. The van der Waals surface area contributed by atoms with Gasteiger partial charge in [-0.1, -0.05) is 31.2 Å². The Bertz CT molecular complexity index is 714. The van der Waals surface area contributed by atoms with E-state index in [9.17, 15) is 13.2 Å². The summed E-state index contributed by atoms with van der Waals surface area (Å²) in [5.74, 6) is 0.291. The van der Waals surface area contributed by atoms with Gasteiger partial charge in [0.2, 0.25) is 0 Å². The molecule has 2 aromatic rings. The number of aliphatic imine (C=N–C) groups is 1. The van der Waals surface area contributed by atoms with Crippen LogP contribution in [0.5, 0.6) is 0 Å². The largest absolute Gasteiger partial charge is 0.416 e. The topological polar surface area (TPSA) is 63.3 Å².